The lowest BCUT2D eigenvalue weighted by molar-refractivity contribution is -0.132. The van der Waals surface area contributed by atoms with Crippen LogP contribution in [0.3, 0.4) is 0 Å². The van der Waals surface area contributed by atoms with Gasteiger partial charge in [-0.1, -0.05) is 49.3 Å². The molecule has 1 atom stereocenters. The van der Waals surface area contributed by atoms with E-state index in [4.69, 9.17) is 10.3 Å². The Balaban J connectivity index is 1.83. The summed E-state index contributed by atoms with van der Waals surface area (Å²) in [6, 6.07) is 11.4. The van der Waals surface area contributed by atoms with Gasteiger partial charge in [-0.25, -0.2) is 0 Å². The minimum absolute atomic E-state index is 0.0115. The van der Waals surface area contributed by atoms with Crippen LogP contribution >= 0.6 is 0 Å². The minimum atomic E-state index is -0.435. The Morgan fingerprint density at radius 1 is 1.30 bits per heavy atom. The van der Waals surface area contributed by atoms with Crippen LogP contribution in [0.5, 0.6) is 0 Å². The van der Waals surface area contributed by atoms with E-state index in [1.54, 1.807) is 11.9 Å². The van der Waals surface area contributed by atoms with Gasteiger partial charge in [0.2, 0.25) is 5.91 Å². The van der Waals surface area contributed by atoms with E-state index in [0.29, 0.717) is 6.54 Å². The molecule has 124 valence electrons. The molecule has 0 spiro atoms. The van der Waals surface area contributed by atoms with Gasteiger partial charge in [0.25, 0.3) is 0 Å². The maximum Gasteiger partial charge on any atom is 0.239 e. The third-order valence-electron chi connectivity index (χ3n) is 3.92. The Labute approximate surface area is 137 Å². The first-order chi connectivity index (χ1) is 11.0. The molecule has 0 unspecified atom stereocenters. The summed E-state index contributed by atoms with van der Waals surface area (Å²) in [6.07, 6.45) is 1.56. The van der Waals surface area contributed by atoms with Crippen molar-refractivity contribution in [2.24, 2.45) is 11.7 Å². The number of carbonyl (C=O) groups is 1. The van der Waals surface area contributed by atoms with Gasteiger partial charge < -0.3 is 15.2 Å². The Morgan fingerprint density at radius 3 is 2.65 bits per heavy atom. The lowest BCUT2D eigenvalue weighted by Gasteiger charge is -2.23. The first-order valence-electron chi connectivity index (χ1n) is 8.00. The van der Waals surface area contributed by atoms with Crippen molar-refractivity contribution in [2.75, 3.05) is 13.6 Å². The summed E-state index contributed by atoms with van der Waals surface area (Å²) >= 11 is 0. The summed E-state index contributed by atoms with van der Waals surface area (Å²) in [4.78, 5) is 13.8. The van der Waals surface area contributed by atoms with Gasteiger partial charge in [0.1, 0.15) is 11.5 Å². The van der Waals surface area contributed by atoms with Crippen LogP contribution in [0.4, 0.5) is 0 Å². The summed E-state index contributed by atoms with van der Waals surface area (Å²) < 4.78 is 5.37. The van der Waals surface area contributed by atoms with Gasteiger partial charge in [-0.3, -0.25) is 4.79 Å². The first-order valence-corrected chi connectivity index (χ1v) is 8.00. The molecule has 0 saturated carbocycles. The molecule has 1 heterocycles. The number of hydrogen-bond donors (Lipinski definition) is 1. The second-order valence-corrected chi connectivity index (χ2v) is 6.18. The normalized spacial score (nSPS) is 12.4. The Hall–Kier alpha value is -2.14. The van der Waals surface area contributed by atoms with Crippen LogP contribution in [0.1, 0.15) is 26.0 Å². The lowest BCUT2D eigenvalue weighted by Crippen LogP contribution is -2.45. The fourth-order valence-corrected chi connectivity index (χ4v) is 2.32. The molecule has 2 aromatic rings. The zero-order chi connectivity index (χ0) is 16.8. The summed E-state index contributed by atoms with van der Waals surface area (Å²) in [7, 11) is 1.79. The van der Waals surface area contributed by atoms with Gasteiger partial charge >= 0.3 is 0 Å². The highest BCUT2D eigenvalue weighted by atomic mass is 16.5. The van der Waals surface area contributed by atoms with Crippen molar-refractivity contribution < 1.29 is 9.32 Å². The number of amides is 1. The van der Waals surface area contributed by atoms with Crippen LogP contribution in [0.2, 0.25) is 0 Å². The molecule has 0 saturated heterocycles. The van der Waals surface area contributed by atoms with Crippen molar-refractivity contribution in [1.82, 2.24) is 10.1 Å². The predicted molar refractivity (Wildman–Crippen MR) is 90.7 cm³/mol. The molecule has 1 amide bonds. The number of rotatable bonds is 7. The van der Waals surface area contributed by atoms with E-state index < -0.39 is 6.04 Å². The molecule has 1 aromatic carbocycles. The lowest BCUT2D eigenvalue weighted by atomic mass is 10.0. The van der Waals surface area contributed by atoms with E-state index in [1.807, 2.05) is 50.2 Å². The maximum absolute atomic E-state index is 12.1. The van der Waals surface area contributed by atoms with E-state index in [1.165, 1.54) is 0 Å². The number of carbonyl (C=O) groups excluding carboxylic acids is 1. The van der Waals surface area contributed by atoms with E-state index in [-0.39, 0.29) is 11.8 Å². The molecule has 0 aliphatic heterocycles. The summed E-state index contributed by atoms with van der Waals surface area (Å²) in [6.45, 7) is 4.56. The highest BCUT2D eigenvalue weighted by Gasteiger charge is 2.20. The van der Waals surface area contributed by atoms with E-state index in [9.17, 15) is 4.79 Å². The Bertz CT molecular complexity index is 622. The third-order valence-corrected chi connectivity index (χ3v) is 3.92. The molecule has 2 N–H and O–H groups in total. The van der Waals surface area contributed by atoms with E-state index in [2.05, 4.69) is 5.16 Å². The predicted octanol–water partition coefficient (Wildman–Crippen LogP) is 2.72. The van der Waals surface area contributed by atoms with Crippen LogP contribution < -0.4 is 5.73 Å². The third kappa shape index (κ3) is 4.66. The number of likely N-dealkylation sites (N-methyl/N-ethyl adjacent to an activating group) is 1. The van der Waals surface area contributed by atoms with Crippen LogP contribution in [0.15, 0.2) is 40.9 Å². The quantitative estimate of drug-likeness (QED) is 0.852. The van der Waals surface area contributed by atoms with Crippen molar-refractivity contribution in [2.45, 2.75) is 32.7 Å². The molecular weight excluding hydrogens is 290 g/mol. The second kappa shape index (κ2) is 7.92. The van der Waals surface area contributed by atoms with Crippen LogP contribution in [-0.4, -0.2) is 35.6 Å². The molecule has 0 fully saturated rings. The standard InChI is InChI=1S/C18H25N3O2/c1-13(2)17(19)18(22)21(3)11-7-10-15-12-16(20-23-15)14-8-5-4-6-9-14/h4-6,8-9,12-13,17H,7,10-11,19H2,1-3H3/t17-/m0/s1. The highest BCUT2D eigenvalue weighted by molar-refractivity contribution is 5.81. The molecule has 23 heavy (non-hydrogen) atoms. The van der Waals surface area contributed by atoms with Crippen molar-refractivity contribution in [3.05, 3.63) is 42.2 Å². The number of nitrogens with zero attached hydrogens (tertiary/aromatic N) is 2. The van der Waals surface area contributed by atoms with Gasteiger partial charge in [-0.05, 0) is 12.3 Å². The zero-order valence-corrected chi connectivity index (χ0v) is 14.0. The SMILES string of the molecule is CC(C)[C@H](N)C(=O)N(C)CCCc1cc(-c2ccccc2)no1. The second-order valence-electron chi connectivity index (χ2n) is 6.18. The van der Waals surface area contributed by atoms with Crippen molar-refractivity contribution in [3.8, 4) is 11.3 Å². The fourth-order valence-electron chi connectivity index (χ4n) is 2.32. The van der Waals surface area contributed by atoms with Gasteiger partial charge in [-0.15, -0.1) is 0 Å². The average molecular weight is 315 g/mol. The summed E-state index contributed by atoms with van der Waals surface area (Å²) in [5.41, 5.74) is 7.77. The molecule has 0 radical (unpaired) electrons. The zero-order valence-electron chi connectivity index (χ0n) is 14.0. The molecule has 5 nitrogen and oxygen atoms in total. The first kappa shape index (κ1) is 17.2. The minimum Gasteiger partial charge on any atom is -0.361 e. The molecule has 5 heteroatoms. The number of hydrogen-bond acceptors (Lipinski definition) is 4. The largest absolute Gasteiger partial charge is 0.361 e. The fraction of sp³-hybridized carbons (Fsp3) is 0.444. The molecule has 0 bridgehead atoms. The van der Waals surface area contributed by atoms with Crippen LogP contribution in [0.25, 0.3) is 11.3 Å². The molecule has 0 aliphatic carbocycles. The average Bonchev–Trinajstić information content (AvgIpc) is 3.03. The molecule has 1 aromatic heterocycles. The van der Waals surface area contributed by atoms with Crippen LogP contribution in [0, 0.1) is 5.92 Å². The summed E-state index contributed by atoms with van der Waals surface area (Å²) in [5.74, 6) is 0.966. The van der Waals surface area contributed by atoms with Gasteiger partial charge in [0, 0.05) is 31.6 Å². The number of benzene rings is 1. The Morgan fingerprint density at radius 2 is 2.00 bits per heavy atom. The Kier molecular flexibility index (Phi) is 5.93. The topological polar surface area (TPSA) is 72.4 Å². The smallest absolute Gasteiger partial charge is 0.239 e. The van der Waals surface area contributed by atoms with E-state index in [0.717, 1.165) is 29.9 Å². The molecule has 2 rings (SSSR count). The number of aromatic nitrogens is 1. The highest BCUT2D eigenvalue weighted by Crippen LogP contribution is 2.19. The van der Waals surface area contributed by atoms with Crippen molar-refractivity contribution in [1.29, 1.82) is 0 Å². The number of aryl methyl sites for hydroxylation is 1. The molecule has 0 aliphatic rings. The van der Waals surface area contributed by atoms with Crippen molar-refractivity contribution in [3.63, 3.8) is 0 Å². The maximum atomic E-state index is 12.1. The molecular formula is C18H25N3O2. The summed E-state index contributed by atoms with van der Waals surface area (Å²) in [5, 5.41) is 4.10. The van der Waals surface area contributed by atoms with Gasteiger partial charge in [-0.2, -0.15) is 0 Å². The van der Waals surface area contributed by atoms with Crippen molar-refractivity contribution >= 4 is 5.91 Å². The van der Waals surface area contributed by atoms with Gasteiger partial charge in [0.05, 0.1) is 6.04 Å². The monoisotopic (exact) mass is 315 g/mol. The van der Waals surface area contributed by atoms with Gasteiger partial charge in [0.15, 0.2) is 0 Å². The van der Waals surface area contributed by atoms with E-state index >= 15 is 0 Å². The number of nitrogens with two attached hydrogens (primary N) is 1. The van der Waals surface area contributed by atoms with Crippen LogP contribution in [-0.2, 0) is 11.2 Å².